The maximum Gasteiger partial charge on any atom is 0.260 e. The molecule has 4 aromatic carbocycles. The van der Waals surface area contributed by atoms with Crippen LogP contribution >= 0.6 is 0 Å². The van der Waals surface area contributed by atoms with Crippen molar-refractivity contribution in [2.24, 2.45) is 0 Å². The Morgan fingerprint density at radius 1 is 0.778 bits per heavy atom. The summed E-state index contributed by atoms with van der Waals surface area (Å²) in [5.74, 6) is 0.789. The van der Waals surface area contributed by atoms with Crippen LogP contribution in [-0.2, 0) is 17.9 Å². The van der Waals surface area contributed by atoms with Gasteiger partial charge in [0.2, 0.25) is 0 Å². The lowest BCUT2D eigenvalue weighted by Crippen LogP contribution is -2.49. The van der Waals surface area contributed by atoms with E-state index in [1.165, 1.54) is 32.8 Å². The summed E-state index contributed by atoms with van der Waals surface area (Å²) in [5, 5.41) is 4.93. The largest absolute Gasteiger partial charge is 0.484 e. The Kier molecular flexibility index (Phi) is 6.08. The molecule has 2 heterocycles. The van der Waals surface area contributed by atoms with Gasteiger partial charge in [-0.05, 0) is 53.6 Å². The second-order valence-corrected chi connectivity index (χ2v) is 9.57. The fourth-order valence-corrected chi connectivity index (χ4v) is 5.45. The Labute approximate surface area is 211 Å². The third-order valence-corrected chi connectivity index (χ3v) is 7.37. The smallest absolute Gasteiger partial charge is 0.260 e. The Morgan fingerprint density at radius 3 is 2.36 bits per heavy atom. The van der Waals surface area contributed by atoms with E-state index >= 15 is 0 Å². The number of carbonyl (C=O) groups is 1. The van der Waals surface area contributed by atoms with Crippen molar-refractivity contribution in [1.29, 1.82) is 0 Å². The first-order chi connectivity index (χ1) is 17.7. The van der Waals surface area contributed by atoms with Crippen molar-refractivity contribution >= 4 is 38.5 Å². The molecule has 182 valence electrons. The Morgan fingerprint density at radius 2 is 1.53 bits per heavy atom. The molecule has 36 heavy (non-hydrogen) atoms. The molecule has 1 saturated heterocycles. The summed E-state index contributed by atoms with van der Waals surface area (Å²) < 4.78 is 8.22. The van der Waals surface area contributed by atoms with E-state index in [0.717, 1.165) is 50.4 Å². The third kappa shape index (κ3) is 4.31. The molecule has 0 spiro atoms. The summed E-state index contributed by atoms with van der Waals surface area (Å²) in [5.41, 5.74) is 3.91. The number of aromatic nitrogens is 1. The van der Waals surface area contributed by atoms with Crippen molar-refractivity contribution in [3.05, 3.63) is 90.5 Å². The molecule has 1 aliphatic heterocycles. The molecule has 1 amide bonds. The minimum absolute atomic E-state index is 0.0524. The Bertz CT molecular complexity index is 1550. The zero-order valence-corrected chi connectivity index (χ0v) is 20.7. The molecule has 1 aromatic heterocycles. The highest BCUT2D eigenvalue weighted by atomic mass is 16.5. The summed E-state index contributed by atoms with van der Waals surface area (Å²) in [4.78, 5) is 17.1. The molecular formula is C31H31N3O2. The van der Waals surface area contributed by atoms with Crippen molar-refractivity contribution in [1.82, 2.24) is 14.4 Å². The van der Waals surface area contributed by atoms with E-state index in [0.29, 0.717) is 0 Å². The minimum Gasteiger partial charge on any atom is -0.484 e. The van der Waals surface area contributed by atoms with Gasteiger partial charge in [0.05, 0.1) is 0 Å². The van der Waals surface area contributed by atoms with Gasteiger partial charge >= 0.3 is 0 Å². The van der Waals surface area contributed by atoms with Crippen molar-refractivity contribution < 1.29 is 9.53 Å². The molecular weight excluding hydrogens is 446 g/mol. The van der Waals surface area contributed by atoms with Gasteiger partial charge in [0.25, 0.3) is 5.91 Å². The van der Waals surface area contributed by atoms with Crippen LogP contribution in [0.15, 0.2) is 84.9 Å². The summed E-state index contributed by atoms with van der Waals surface area (Å²) in [6.45, 7) is 7.35. The average Bonchev–Trinajstić information content (AvgIpc) is 3.25. The number of benzene rings is 4. The number of piperazine rings is 1. The monoisotopic (exact) mass is 477 g/mol. The number of carbonyl (C=O) groups excluding carboxylic acids is 1. The van der Waals surface area contributed by atoms with Gasteiger partial charge in [-0.15, -0.1) is 0 Å². The van der Waals surface area contributed by atoms with E-state index < -0.39 is 0 Å². The SMILES string of the molecule is CCn1c2ccccc2c2cc(CN3CCN(C(=O)COc4ccc5ccccc5c4)CC3)ccc21. The summed E-state index contributed by atoms with van der Waals surface area (Å²) in [7, 11) is 0. The standard InChI is InChI=1S/C31H31N3O2/c1-2-34-29-10-6-5-9-27(29)28-19-23(11-14-30(28)34)21-32-15-17-33(18-16-32)31(35)22-36-26-13-12-24-7-3-4-8-25(24)20-26/h3-14,19-20H,2,15-18,21-22H2,1H3. The van der Waals surface area contributed by atoms with Crippen molar-refractivity contribution in [2.75, 3.05) is 32.8 Å². The number of rotatable bonds is 6. The predicted octanol–water partition coefficient (Wildman–Crippen LogP) is 5.69. The number of fused-ring (bicyclic) bond motifs is 4. The van der Waals surface area contributed by atoms with E-state index in [1.807, 2.05) is 35.2 Å². The first kappa shape index (κ1) is 22.6. The zero-order valence-electron chi connectivity index (χ0n) is 20.7. The molecule has 0 N–H and O–H groups in total. The molecule has 1 fully saturated rings. The lowest BCUT2D eigenvalue weighted by molar-refractivity contribution is -0.135. The number of para-hydroxylation sites is 1. The number of ether oxygens (including phenoxy) is 1. The number of hydrogen-bond donors (Lipinski definition) is 0. The second-order valence-electron chi connectivity index (χ2n) is 9.57. The quantitative estimate of drug-likeness (QED) is 0.315. The number of nitrogens with zero attached hydrogens (tertiary/aromatic N) is 3. The lowest BCUT2D eigenvalue weighted by Gasteiger charge is -2.34. The van der Waals surface area contributed by atoms with Crippen molar-refractivity contribution in [3.63, 3.8) is 0 Å². The van der Waals surface area contributed by atoms with Crippen LogP contribution in [0.25, 0.3) is 32.6 Å². The van der Waals surface area contributed by atoms with E-state index in [2.05, 4.69) is 71.0 Å². The predicted molar refractivity (Wildman–Crippen MR) is 146 cm³/mol. The molecule has 0 aliphatic carbocycles. The number of hydrogen-bond acceptors (Lipinski definition) is 3. The molecule has 1 aliphatic rings. The van der Waals surface area contributed by atoms with Gasteiger partial charge in [-0.3, -0.25) is 9.69 Å². The van der Waals surface area contributed by atoms with Crippen LogP contribution < -0.4 is 4.74 Å². The normalized spacial score (nSPS) is 14.6. The van der Waals surface area contributed by atoms with Gasteiger partial charge in [0.1, 0.15) is 5.75 Å². The minimum atomic E-state index is 0.0524. The van der Waals surface area contributed by atoms with Gasteiger partial charge < -0.3 is 14.2 Å². The van der Waals surface area contributed by atoms with E-state index in [-0.39, 0.29) is 12.5 Å². The van der Waals surface area contributed by atoms with Gasteiger partial charge in [-0.25, -0.2) is 0 Å². The lowest BCUT2D eigenvalue weighted by atomic mass is 10.1. The fraction of sp³-hybridized carbons (Fsp3) is 0.258. The molecule has 6 rings (SSSR count). The summed E-state index contributed by atoms with van der Waals surface area (Å²) in [6, 6.07) is 29.6. The van der Waals surface area contributed by atoms with Crippen LogP contribution in [0, 0.1) is 0 Å². The maximum atomic E-state index is 12.8. The van der Waals surface area contributed by atoms with E-state index in [9.17, 15) is 4.79 Å². The molecule has 0 radical (unpaired) electrons. The average molecular weight is 478 g/mol. The van der Waals surface area contributed by atoms with Crippen LogP contribution in [0.1, 0.15) is 12.5 Å². The van der Waals surface area contributed by atoms with Crippen LogP contribution in [-0.4, -0.2) is 53.1 Å². The first-order valence-corrected chi connectivity index (χ1v) is 12.8. The van der Waals surface area contributed by atoms with Gasteiger partial charge in [-0.2, -0.15) is 0 Å². The highest BCUT2D eigenvalue weighted by Crippen LogP contribution is 2.30. The maximum absolute atomic E-state index is 12.8. The van der Waals surface area contributed by atoms with Crippen LogP contribution in [0.5, 0.6) is 5.75 Å². The number of amides is 1. The van der Waals surface area contributed by atoms with Crippen molar-refractivity contribution in [3.8, 4) is 5.75 Å². The topological polar surface area (TPSA) is 37.7 Å². The zero-order chi connectivity index (χ0) is 24.5. The highest BCUT2D eigenvalue weighted by Gasteiger charge is 2.22. The second kappa shape index (κ2) is 9.67. The van der Waals surface area contributed by atoms with Crippen LogP contribution in [0.3, 0.4) is 0 Å². The van der Waals surface area contributed by atoms with Gasteiger partial charge in [0, 0.05) is 61.1 Å². The Balaban J connectivity index is 1.06. The fourth-order valence-electron chi connectivity index (χ4n) is 5.45. The van der Waals surface area contributed by atoms with Crippen molar-refractivity contribution in [2.45, 2.75) is 20.0 Å². The summed E-state index contributed by atoms with van der Waals surface area (Å²) in [6.07, 6.45) is 0. The third-order valence-electron chi connectivity index (χ3n) is 7.37. The molecule has 0 atom stereocenters. The van der Waals surface area contributed by atoms with E-state index in [1.54, 1.807) is 0 Å². The molecule has 5 heteroatoms. The van der Waals surface area contributed by atoms with Gasteiger partial charge in [-0.1, -0.05) is 54.6 Å². The molecule has 5 aromatic rings. The highest BCUT2D eigenvalue weighted by molar-refractivity contribution is 6.08. The first-order valence-electron chi connectivity index (χ1n) is 12.8. The number of aryl methyl sites for hydroxylation is 1. The molecule has 0 saturated carbocycles. The van der Waals surface area contributed by atoms with Crippen LogP contribution in [0.4, 0.5) is 0 Å². The van der Waals surface area contributed by atoms with Gasteiger partial charge in [0.15, 0.2) is 6.61 Å². The molecule has 5 nitrogen and oxygen atoms in total. The molecule has 0 unspecified atom stereocenters. The van der Waals surface area contributed by atoms with Crippen LogP contribution in [0.2, 0.25) is 0 Å². The Hall–Kier alpha value is -3.83. The summed E-state index contributed by atoms with van der Waals surface area (Å²) >= 11 is 0. The molecule has 0 bridgehead atoms. The van der Waals surface area contributed by atoms with E-state index in [4.69, 9.17) is 4.74 Å².